The van der Waals surface area contributed by atoms with Gasteiger partial charge in [-0.3, -0.25) is 10.1 Å². The monoisotopic (exact) mass is 517 g/mol. The van der Waals surface area contributed by atoms with Crippen molar-refractivity contribution < 1.29 is 18.7 Å². The molecule has 0 unspecified atom stereocenters. The van der Waals surface area contributed by atoms with Gasteiger partial charge in [0.2, 0.25) is 0 Å². The zero-order chi connectivity index (χ0) is 25.1. The summed E-state index contributed by atoms with van der Waals surface area (Å²) in [6, 6.07) is 21.9. The van der Waals surface area contributed by atoms with Crippen molar-refractivity contribution in [2.24, 2.45) is 0 Å². The van der Waals surface area contributed by atoms with E-state index in [9.17, 15) is 14.0 Å². The van der Waals surface area contributed by atoms with Crippen molar-refractivity contribution in [2.45, 2.75) is 0 Å². The zero-order valence-corrected chi connectivity index (χ0v) is 20.1. The number of hydrogen-bond acceptors (Lipinski definition) is 6. The number of nitrogens with zero attached hydrogens (tertiary/aromatic N) is 2. The Kier molecular flexibility index (Phi) is 6.71. The molecule has 0 saturated heterocycles. The van der Waals surface area contributed by atoms with Gasteiger partial charge in [0.15, 0.2) is 11.7 Å². The van der Waals surface area contributed by atoms with Crippen LogP contribution in [0.25, 0.3) is 33.4 Å². The van der Waals surface area contributed by atoms with Crippen LogP contribution in [-0.2, 0) is 9.53 Å². The molecule has 0 saturated carbocycles. The number of nitrogens with one attached hydrogen (secondary N) is 1. The molecule has 2 heterocycles. The lowest BCUT2D eigenvalue weighted by Gasteiger charge is -2.11. The van der Waals surface area contributed by atoms with Crippen molar-refractivity contribution in [3.05, 3.63) is 101 Å². The van der Waals surface area contributed by atoms with Gasteiger partial charge in [-0.05, 0) is 42.5 Å². The largest absolute Gasteiger partial charge is 0.452 e. The highest BCUT2D eigenvalue weighted by Crippen LogP contribution is 2.30. The molecule has 0 aliphatic carbocycles. The van der Waals surface area contributed by atoms with Crippen molar-refractivity contribution >= 4 is 50.8 Å². The van der Waals surface area contributed by atoms with Crippen LogP contribution in [-0.4, -0.2) is 28.5 Å². The molecule has 0 aliphatic heterocycles. The topological polar surface area (TPSA) is 81.2 Å². The lowest BCUT2D eigenvalue weighted by atomic mass is 10.0. The molecule has 1 N–H and O–H groups in total. The van der Waals surface area contributed by atoms with Gasteiger partial charge in [-0.15, -0.1) is 11.3 Å². The van der Waals surface area contributed by atoms with Crippen molar-refractivity contribution in [2.75, 3.05) is 11.9 Å². The van der Waals surface area contributed by atoms with E-state index in [-0.39, 0.29) is 11.4 Å². The third kappa shape index (κ3) is 5.10. The molecule has 0 bridgehead atoms. The van der Waals surface area contributed by atoms with Crippen LogP contribution in [0.4, 0.5) is 9.52 Å². The second kappa shape index (κ2) is 10.2. The predicted molar refractivity (Wildman–Crippen MR) is 139 cm³/mol. The number of anilines is 1. The van der Waals surface area contributed by atoms with Crippen LogP contribution >= 0.6 is 22.9 Å². The number of ether oxygens (including phenoxy) is 1. The molecular formula is C27H17ClFN3O3S. The highest BCUT2D eigenvalue weighted by atomic mass is 35.5. The molecule has 5 aromatic rings. The van der Waals surface area contributed by atoms with Gasteiger partial charge in [-0.25, -0.2) is 19.2 Å². The first-order valence-electron chi connectivity index (χ1n) is 10.8. The second-order valence-electron chi connectivity index (χ2n) is 7.72. The van der Waals surface area contributed by atoms with Gasteiger partial charge in [0.05, 0.1) is 22.5 Å². The summed E-state index contributed by atoms with van der Waals surface area (Å²) in [5, 5.41) is 5.80. The SMILES string of the molecule is O=C(COC(=O)c1cc(-c2ccccc2Cl)nc2ccccc12)Nc1nc(-c2ccc(F)cc2)cs1. The number of pyridine rings is 1. The molecule has 36 heavy (non-hydrogen) atoms. The fourth-order valence-corrected chi connectivity index (χ4v) is 4.57. The maximum absolute atomic E-state index is 13.1. The number of para-hydroxylation sites is 1. The van der Waals surface area contributed by atoms with Gasteiger partial charge in [-0.1, -0.05) is 48.0 Å². The van der Waals surface area contributed by atoms with E-state index < -0.39 is 18.5 Å². The van der Waals surface area contributed by atoms with Crippen molar-refractivity contribution in [1.82, 2.24) is 9.97 Å². The summed E-state index contributed by atoms with van der Waals surface area (Å²) in [6.07, 6.45) is 0. The number of amides is 1. The van der Waals surface area contributed by atoms with E-state index in [4.69, 9.17) is 16.3 Å². The molecule has 5 rings (SSSR count). The van der Waals surface area contributed by atoms with E-state index in [1.54, 1.807) is 47.8 Å². The zero-order valence-electron chi connectivity index (χ0n) is 18.6. The van der Waals surface area contributed by atoms with Gasteiger partial charge >= 0.3 is 5.97 Å². The highest BCUT2D eigenvalue weighted by molar-refractivity contribution is 7.14. The molecule has 178 valence electrons. The van der Waals surface area contributed by atoms with Gasteiger partial charge in [-0.2, -0.15) is 0 Å². The molecule has 1 amide bonds. The van der Waals surface area contributed by atoms with E-state index >= 15 is 0 Å². The summed E-state index contributed by atoms with van der Waals surface area (Å²) in [5.74, 6) is -1.54. The Bertz CT molecular complexity index is 1590. The summed E-state index contributed by atoms with van der Waals surface area (Å²) in [6.45, 7) is -0.498. The fraction of sp³-hybridized carbons (Fsp3) is 0.0370. The number of aromatic nitrogens is 2. The Hall–Kier alpha value is -4.14. The Morgan fingerprint density at radius 2 is 1.69 bits per heavy atom. The van der Waals surface area contributed by atoms with Crippen LogP contribution in [0.1, 0.15) is 10.4 Å². The average Bonchev–Trinajstić information content (AvgIpc) is 3.35. The third-order valence-corrected chi connectivity index (χ3v) is 6.40. The number of benzene rings is 3. The molecule has 6 nitrogen and oxygen atoms in total. The first-order chi connectivity index (χ1) is 17.5. The maximum Gasteiger partial charge on any atom is 0.339 e. The van der Waals surface area contributed by atoms with Crippen molar-refractivity contribution in [3.63, 3.8) is 0 Å². The smallest absolute Gasteiger partial charge is 0.339 e. The number of carbonyl (C=O) groups excluding carboxylic acids is 2. The number of rotatable bonds is 6. The molecule has 9 heteroatoms. The van der Waals surface area contributed by atoms with Crippen LogP contribution < -0.4 is 5.32 Å². The molecule has 0 spiro atoms. The molecule has 0 radical (unpaired) electrons. The van der Waals surface area contributed by atoms with Crippen LogP contribution in [0, 0.1) is 5.82 Å². The second-order valence-corrected chi connectivity index (χ2v) is 8.99. The molecule has 0 aliphatic rings. The summed E-state index contributed by atoms with van der Waals surface area (Å²) < 4.78 is 18.5. The summed E-state index contributed by atoms with van der Waals surface area (Å²) in [4.78, 5) is 34.4. The Labute approximate surface area is 214 Å². The molecule has 0 atom stereocenters. The van der Waals surface area contributed by atoms with Crippen LogP contribution in [0.5, 0.6) is 0 Å². The number of fused-ring (bicyclic) bond motifs is 1. The maximum atomic E-state index is 13.1. The van der Waals surface area contributed by atoms with Crippen LogP contribution in [0.15, 0.2) is 84.2 Å². The van der Waals surface area contributed by atoms with Crippen LogP contribution in [0.2, 0.25) is 5.02 Å². The van der Waals surface area contributed by atoms with Crippen molar-refractivity contribution in [1.29, 1.82) is 0 Å². The number of carbonyl (C=O) groups is 2. The van der Waals surface area contributed by atoms with E-state index in [2.05, 4.69) is 15.3 Å². The normalized spacial score (nSPS) is 10.8. The lowest BCUT2D eigenvalue weighted by Crippen LogP contribution is -2.21. The Morgan fingerprint density at radius 3 is 2.50 bits per heavy atom. The Morgan fingerprint density at radius 1 is 0.944 bits per heavy atom. The molecular weight excluding hydrogens is 501 g/mol. The fourth-order valence-electron chi connectivity index (χ4n) is 3.60. The van der Waals surface area contributed by atoms with Gasteiger partial charge in [0.1, 0.15) is 5.82 Å². The first-order valence-corrected chi connectivity index (χ1v) is 12.1. The summed E-state index contributed by atoms with van der Waals surface area (Å²) in [7, 11) is 0. The first kappa shape index (κ1) is 23.6. The van der Waals surface area contributed by atoms with Gasteiger partial charge < -0.3 is 4.74 Å². The highest BCUT2D eigenvalue weighted by Gasteiger charge is 2.18. The van der Waals surface area contributed by atoms with E-state index in [1.165, 1.54) is 23.5 Å². The Balaban J connectivity index is 1.31. The van der Waals surface area contributed by atoms with E-state index in [0.717, 1.165) is 5.56 Å². The number of esters is 1. The van der Waals surface area contributed by atoms with Crippen molar-refractivity contribution in [3.8, 4) is 22.5 Å². The minimum absolute atomic E-state index is 0.274. The minimum atomic E-state index is -0.664. The summed E-state index contributed by atoms with van der Waals surface area (Å²) in [5.41, 5.74) is 3.39. The van der Waals surface area contributed by atoms with E-state index in [1.807, 2.05) is 24.3 Å². The number of halogens is 2. The third-order valence-electron chi connectivity index (χ3n) is 5.31. The molecule has 3 aromatic carbocycles. The molecule has 2 aromatic heterocycles. The van der Waals surface area contributed by atoms with Gasteiger partial charge in [0, 0.05) is 26.9 Å². The number of thiazole rings is 1. The van der Waals surface area contributed by atoms with Gasteiger partial charge in [0.25, 0.3) is 5.91 Å². The number of hydrogen-bond donors (Lipinski definition) is 1. The van der Waals surface area contributed by atoms with Crippen LogP contribution in [0.3, 0.4) is 0 Å². The van der Waals surface area contributed by atoms with E-state index in [0.29, 0.717) is 38.0 Å². The predicted octanol–water partition coefficient (Wildman–Crippen LogP) is 6.61. The minimum Gasteiger partial charge on any atom is -0.452 e. The summed E-state index contributed by atoms with van der Waals surface area (Å²) >= 11 is 7.55. The quantitative estimate of drug-likeness (QED) is 0.256. The standard InChI is InChI=1S/C27H17ClFN3O3S/c28-21-7-3-1-6-19(21)23-13-20(18-5-2-4-8-22(18)30-23)26(34)35-14-25(33)32-27-31-24(15-36-27)16-9-11-17(29)12-10-16/h1-13,15H,14H2,(H,31,32,33). The lowest BCUT2D eigenvalue weighted by molar-refractivity contribution is -0.119. The molecule has 0 fully saturated rings. The average molecular weight is 518 g/mol.